The summed E-state index contributed by atoms with van der Waals surface area (Å²) in [6.45, 7) is 3.06. The van der Waals surface area contributed by atoms with Crippen molar-refractivity contribution in [2.75, 3.05) is 6.54 Å². The summed E-state index contributed by atoms with van der Waals surface area (Å²) >= 11 is 0. The molecule has 0 aromatic heterocycles. The molecule has 6 rings (SSSR count). The molecular weight excluding hydrogens is 500 g/mol. The van der Waals surface area contributed by atoms with E-state index in [-0.39, 0.29) is 18.4 Å². The Labute approximate surface area is 242 Å². The van der Waals surface area contributed by atoms with E-state index in [4.69, 9.17) is 5.73 Å². The lowest BCUT2D eigenvalue weighted by Crippen LogP contribution is -2.41. The number of allylic oxidation sites excluding steroid dienone is 2. The van der Waals surface area contributed by atoms with E-state index in [1.165, 1.54) is 33.0 Å². The largest absolute Gasteiger partial charge is 0.381 e. The molecule has 1 aliphatic heterocycles. The minimum Gasteiger partial charge on any atom is -0.381 e. The van der Waals surface area contributed by atoms with Gasteiger partial charge >= 0.3 is 0 Å². The number of nitrogens with one attached hydrogen (secondary N) is 3. The van der Waals surface area contributed by atoms with Gasteiger partial charge in [0.1, 0.15) is 0 Å². The lowest BCUT2D eigenvalue weighted by atomic mass is 9.91. The predicted octanol–water partition coefficient (Wildman–Crippen LogP) is 7.60. The smallest absolute Gasteiger partial charge is 0.0866 e. The maximum atomic E-state index is 6.81. The summed E-state index contributed by atoms with van der Waals surface area (Å²) < 4.78 is 0. The second-order valence-corrected chi connectivity index (χ2v) is 10.5. The van der Waals surface area contributed by atoms with Crippen molar-refractivity contribution in [3.63, 3.8) is 0 Å². The van der Waals surface area contributed by atoms with Gasteiger partial charge in [-0.15, -0.1) is 0 Å². The fourth-order valence-electron chi connectivity index (χ4n) is 5.58. The molecular formula is C37H36N4. The first-order chi connectivity index (χ1) is 20.2. The van der Waals surface area contributed by atoms with Crippen molar-refractivity contribution < 1.29 is 0 Å². The van der Waals surface area contributed by atoms with E-state index < -0.39 is 0 Å². The third-order valence-electron chi connectivity index (χ3n) is 7.80. The summed E-state index contributed by atoms with van der Waals surface area (Å²) in [5, 5.41) is 13.5. The Hall–Kier alpha value is -4.48. The molecule has 41 heavy (non-hydrogen) atoms. The Bertz CT molecular complexity index is 1610. The third kappa shape index (κ3) is 6.01. The van der Waals surface area contributed by atoms with E-state index in [1.807, 2.05) is 18.2 Å². The molecule has 5 aromatic rings. The van der Waals surface area contributed by atoms with E-state index in [9.17, 15) is 0 Å². The molecule has 204 valence electrons. The van der Waals surface area contributed by atoms with Crippen LogP contribution in [0.15, 0.2) is 140 Å². The summed E-state index contributed by atoms with van der Waals surface area (Å²) in [6, 6.07) is 42.8. The van der Waals surface area contributed by atoms with Gasteiger partial charge in [0.2, 0.25) is 0 Å². The molecule has 1 heterocycles. The zero-order valence-electron chi connectivity index (χ0n) is 23.3. The molecule has 5 aromatic carbocycles. The average Bonchev–Trinajstić information content (AvgIpc) is 3.05. The van der Waals surface area contributed by atoms with E-state index >= 15 is 0 Å². The highest BCUT2D eigenvalue weighted by atomic mass is 15.2. The Balaban J connectivity index is 1.45. The molecule has 0 aliphatic carbocycles. The van der Waals surface area contributed by atoms with Crippen LogP contribution in [0.1, 0.15) is 47.6 Å². The van der Waals surface area contributed by atoms with Gasteiger partial charge in [-0.3, -0.25) is 10.6 Å². The molecule has 3 unspecified atom stereocenters. The molecule has 0 bridgehead atoms. The zero-order chi connectivity index (χ0) is 28.0. The standard InChI is InChI=1S/C37H36N4/c1-26(27-12-4-2-5-13-27)40-37(41-36(38)31-15-6-3-7-16-31)35-32-17-9-8-14-28(32)23-24-33(35)29-19-21-30(22-20-29)34-18-10-11-25-39-34/h2-24,26,36-37,39-41H,25,38H2,1H3. The lowest BCUT2D eigenvalue weighted by Gasteiger charge is -2.31. The van der Waals surface area contributed by atoms with Crippen LogP contribution in [0.2, 0.25) is 0 Å². The van der Waals surface area contributed by atoms with Crippen LogP contribution < -0.4 is 21.7 Å². The Morgan fingerprint density at radius 1 is 0.683 bits per heavy atom. The first-order valence-electron chi connectivity index (χ1n) is 14.3. The molecule has 0 saturated carbocycles. The van der Waals surface area contributed by atoms with Crippen molar-refractivity contribution >= 4 is 16.5 Å². The van der Waals surface area contributed by atoms with Crippen molar-refractivity contribution in [2.24, 2.45) is 5.73 Å². The van der Waals surface area contributed by atoms with Crippen molar-refractivity contribution in [1.82, 2.24) is 16.0 Å². The van der Waals surface area contributed by atoms with Gasteiger partial charge in [0.05, 0.1) is 12.3 Å². The summed E-state index contributed by atoms with van der Waals surface area (Å²) in [5.74, 6) is 0. The van der Waals surface area contributed by atoms with E-state index in [0.29, 0.717) is 0 Å². The van der Waals surface area contributed by atoms with Gasteiger partial charge in [-0.05, 0) is 57.2 Å². The molecule has 0 amide bonds. The molecule has 5 N–H and O–H groups in total. The van der Waals surface area contributed by atoms with Crippen molar-refractivity contribution in [2.45, 2.75) is 25.3 Å². The van der Waals surface area contributed by atoms with Gasteiger partial charge in [0.15, 0.2) is 0 Å². The summed E-state index contributed by atoms with van der Waals surface area (Å²) in [6.07, 6.45) is 5.76. The third-order valence-corrected chi connectivity index (χ3v) is 7.80. The fourth-order valence-corrected chi connectivity index (χ4v) is 5.58. The summed E-state index contributed by atoms with van der Waals surface area (Å²) in [5.41, 5.74) is 14.9. The van der Waals surface area contributed by atoms with Crippen LogP contribution in [-0.4, -0.2) is 6.54 Å². The minimum absolute atomic E-state index is 0.0863. The van der Waals surface area contributed by atoms with Crippen LogP contribution in [0, 0.1) is 0 Å². The van der Waals surface area contributed by atoms with Gasteiger partial charge in [-0.1, -0.05) is 133 Å². The number of dihydropyridines is 1. The highest BCUT2D eigenvalue weighted by Gasteiger charge is 2.24. The normalized spacial score (nSPS) is 15.1. The van der Waals surface area contributed by atoms with Crippen LogP contribution >= 0.6 is 0 Å². The average molecular weight is 537 g/mol. The monoisotopic (exact) mass is 536 g/mol. The van der Waals surface area contributed by atoms with Crippen LogP contribution in [0.3, 0.4) is 0 Å². The fraction of sp³-hybridized carbons (Fsp3) is 0.135. The van der Waals surface area contributed by atoms with Crippen LogP contribution in [0.4, 0.5) is 0 Å². The second kappa shape index (κ2) is 12.4. The zero-order valence-corrected chi connectivity index (χ0v) is 23.3. The summed E-state index contributed by atoms with van der Waals surface area (Å²) in [4.78, 5) is 0. The Morgan fingerprint density at radius 2 is 1.34 bits per heavy atom. The number of fused-ring (bicyclic) bond motifs is 1. The topological polar surface area (TPSA) is 62.1 Å². The number of hydrogen-bond acceptors (Lipinski definition) is 4. The molecule has 4 heteroatoms. The quantitative estimate of drug-likeness (QED) is 0.147. The van der Waals surface area contributed by atoms with Crippen molar-refractivity contribution in [3.8, 4) is 11.1 Å². The van der Waals surface area contributed by atoms with E-state index in [0.717, 1.165) is 23.4 Å². The van der Waals surface area contributed by atoms with Gasteiger partial charge in [0, 0.05) is 18.3 Å². The Kier molecular flexibility index (Phi) is 8.06. The lowest BCUT2D eigenvalue weighted by molar-refractivity contribution is 0.359. The van der Waals surface area contributed by atoms with Gasteiger partial charge < -0.3 is 11.1 Å². The molecule has 0 fully saturated rings. The van der Waals surface area contributed by atoms with Crippen LogP contribution in [0.25, 0.3) is 27.6 Å². The van der Waals surface area contributed by atoms with E-state index in [2.05, 4.69) is 144 Å². The second-order valence-electron chi connectivity index (χ2n) is 10.5. The van der Waals surface area contributed by atoms with Crippen LogP contribution in [-0.2, 0) is 0 Å². The number of hydrogen-bond donors (Lipinski definition) is 4. The SMILES string of the molecule is CC(NC(NC(N)c1ccccc1)c1c(-c2ccc(C3=CC=CCN3)cc2)ccc2ccccc12)c1ccccc1. The molecule has 3 atom stereocenters. The molecule has 0 saturated heterocycles. The highest BCUT2D eigenvalue weighted by molar-refractivity contribution is 5.92. The number of nitrogens with two attached hydrogens (primary N) is 1. The molecule has 4 nitrogen and oxygen atoms in total. The number of benzene rings is 5. The summed E-state index contributed by atoms with van der Waals surface area (Å²) in [7, 11) is 0. The van der Waals surface area contributed by atoms with Crippen molar-refractivity contribution in [3.05, 3.63) is 162 Å². The van der Waals surface area contributed by atoms with E-state index in [1.54, 1.807) is 0 Å². The Morgan fingerprint density at radius 3 is 2.05 bits per heavy atom. The van der Waals surface area contributed by atoms with Gasteiger partial charge in [-0.25, -0.2) is 0 Å². The van der Waals surface area contributed by atoms with Gasteiger partial charge in [-0.2, -0.15) is 0 Å². The molecule has 0 spiro atoms. The number of rotatable bonds is 9. The minimum atomic E-state index is -0.358. The first kappa shape index (κ1) is 26.7. The predicted molar refractivity (Wildman–Crippen MR) is 172 cm³/mol. The van der Waals surface area contributed by atoms with Crippen molar-refractivity contribution in [1.29, 1.82) is 0 Å². The highest BCUT2D eigenvalue weighted by Crippen LogP contribution is 2.36. The maximum absolute atomic E-state index is 6.81. The molecule has 1 aliphatic rings. The maximum Gasteiger partial charge on any atom is 0.0866 e. The first-order valence-corrected chi connectivity index (χ1v) is 14.3. The molecule has 0 radical (unpaired) electrons. The van der Waals surface area contributed by atoms with Gasteiger partial charge in [0.25, 0.3) is 0 Å². The van der Waals surface area contributed by atoms with Crippen LogP contribution in [0.5, 0.6) is 0 Å².